The maximum Gasteiger partial charge on any atom is 0.471 e. The quantitative estimate of drug-likeness (QED) is 0.738. The molecule has 2 aliphatic rings. The van der Waals surface area contributed by atoms with Gasteiger partial charge in [0.05, 0.1) is 5.41 Å². The van der Waals surface area contributed by atoms with Gasteiger partial charge in [-0.3, -0.25) is 9.59 Å². The van der Waals surface area contributed by atoms with Crippen LogP contribution in [0.3, 0.4) is 0 Å². The van der Waals surface area contributed by atoms with Crippen LogP contribution in [-0.2, 0) is 16.0 Å². The second kappa shape index (κ2) is 5.47. The van der Waals surface area contributed by atoms with E-state index >= 15 is 0 Å². The van der Waals surface area contributed by atoms with Crippen molar-refractivity contribution in [2.75, 3.05) is 18.4 Å². The third-order valence-electron chi connectivity index (χ3n) is 4.43. The number of rotatable bonds is 0. The minimum Gasteiger partial charge on any atom is -0.335 e. The van der Waals surface area contributed by atoms with Crippen LogP contribution in [0.25, 0.3) is 0 Å². The molecule has 2 amide bonds. The summed E-state index contributed by atoms with van der Waals surface area (Å²) in [6.45, 7) is -0.162. The molecule has 124 valence electrons. The van der Waals surface area contributed by atoms with E-state index in [1.807, 2.05) is 6.07 Å². The van der Waals surface area contributed by atoms with Crippen LogP contribution in [0.2, 0.25) is 0 Å². The van der Waals surface area contributed by atoms with Gasteiger partial charge in [0.2, 0.25) is 5.91 Å². The molecule has 1 spiro atoms. The molecule has 1 fully saturated rings. The topological polar surface area (TPSA) is 62.3 Å². The van der Waals surface area contributed by atoms with E-state index in [4.69, 9.17) is 0 Å². The Bertz CT molecular complexity index is 670. The second-order valence-electron chi connectivity index (χ2n) is 5.86. The maximum atomic E-state index is 12.5. The van der Waals surface area contributed by atoms with Crippen LogP contribution in [0.4, 0.5) is 19.0 Å². The van der Waals surface area contributed by atoms with E-state index in [1.165, 1.54) is 0 Å². The lowest BCUT2D eigenvalue weighted by Gasteiger charge is -2.43. The molecule has 9 heteroatoms. The molecule has 3 heterocycles. The third-order valence-corrected chi connectivity index (χ3v) is 4.86. The highest BCUT2D eigenvalue weighted by molar-refractivity contribution is 9.10. The number of hydrogen-bond acceptors (Lipinski definition) is 3. The summed E-state index contributed by atoms with van der Waals surface area (Å²) < 4.78 is 38.3. The molecule has 0 radical (unpaired) electrons. The summed E-state index contributed by atoms with van der Waals surface area (Å²) in [7, 11) is 0. The lowest BCUT2D eigenvalue weighted by atomic mass is 9.71. The molecule has 1 saturated heterocycles. The van der Waals surface area contributed by atoms with Crippen molar-refractivity contribution in [2.45, 2.75) is 25.4 Å². The summed E-state index contributed by atoms with van der Waals surface area (Å²) in [6.07, 6.45) is -2.49. The average molecular weight is 392 g/mol. The molecule has 0 bridgehead atoms. The Morgan fingerprint density at radius 3 is 2.61 bits per heavy atom. The lowest BCUT2D eigenvalue weighted by Crippen LogP contribution is -2.53. The Hall–Kier alpha value is -1.64. The third kappa shape index (κ3) is 2.93. The molecule has 5 nitrogen and oxygen atoms in total. The van der Waals surface area contributed by atoms with E-state index in [0.717, 1.165) is 14.9 Å². The van der Waals surface area contributed by atoms with E-state index in [9.17, 15) is 22.8 Å². The number of anilines is 1. The fourth-order valence-electron chi connectivity index (χ4n) is 3.13. The van der Waals surface area contributed by atoms with E-state index in [-0.39, 0.29) is 31.8 Å². The van der Waals surface area contributed by atoms with Gasteiger partial charge in [-0.2, -0.15) is 13.2 Å². The number of pyridine rings is 1. The van der Waals surface area contributed by atoms with E-state index in [0.29, 0.717) is 12.2 Å². The van der Waals surface area contributed by atoms with Gasteiger partial charge in [0, 0.05) is 23.8 Å². The molecule has 1 N–H and O–H groups in total. The summed E-state index contributed by atoms with van der Waals surface area (Å²) in [4.78, 5) is 28.6. The molecule has 0 saturated carbocycles. The van der Waals surface area contributed by atoms with Gasteiger partial charge in [-0.05, 0) is 46.8 Å². The number of halogens is 4. The van der Waals surface area contributed by atoms with Crippen molar-refractivity contribution in [3.8, 4) is 0 Å². The number of fused-ring (bicyclic) bond motifs is 1. The van der Waals surface area contributed by atoms with Gasteiger partial charge in [-0.25, -0.2) is 4.98 Å². The fraction of sp³-hybridized carbons (Fsp3) is 0.500. The Morgan fingerprint density at radius 2 is 2.00 bits per heavy atom. The first kappa shape index (κ1) is 16.2. The summed E-state index contributed by atoms with van der Waals surface area (Å²) in [5.41, 5.74) is 0.0623. The van der Waals surface area contributed by atoms with Crippen molar-refractivity contribution in [2.24, 2.45) is 5.41 Å². The Morgan fingerprint density at radius 1 is 1.35 bits per heavy atom. The number of nitrogens with zero attached hydrogens (tertiary/aromatic N) is 2. The summed E-state index contributed by atoms with van der Waals surface area (Å²) in [5, 5.41) is 2.73. The number of carbonyl (C=O) groups excluding carboxylic acids is 2. The number of carbonyl (C=O) groups is 2. The minimum absolute atomic E-state index is 0.0808. The number of aromatic nitrogens is 1. The number of hydrogen-bond donors (Lipinski definition) is 1. The largest absolute Gasteiger partial charge is 0.471 e. The molecule has 0 unspecified atom stereocenters. The highest BCUT2D eigenvalue weighted by atomic mass is 79.9. The highest BCUT2D eigenvalue weighted by Gasteiger charge is 2.49. The monoisotopic (exact) mass is 391 g/mol. The van der Waals surface area contributed by atoms with Gasteiger partial charge in [0.25, 0.3) is 0 Å². The zero-order valence-corrected chi connectivity index (χ0v) is 13.5. The SMILES string of the molecule is O=C(N1CCC2(CC1)Cc1cc(Br)cnc1NC2=O)C(F)(F)F. The number of likely N-dealkylation sites (tertiary alicyclic amines) is 1. The summed E-state index contributed by atoms with van der Waals surface area (Å²) in [5.74, 6) is -1.59. The number of alkyl halides is 3. The molecule has 1 aromatic heterocycles. The van der Waals surface area contributed by atoms with Gasteiger partial charge in [0.15, 0.2) is 0 Å². The molecule has 3 rings (SSSR count). The first-order valence-corrected chi connectivity index (χ1v) is 7.83. The van der Waals surface area contributed by atoms with Crippen molar-refractivity contribution >= 4 is 33.6 Å². The molecule has 0 aliphatic carbocycles. The summed E-state index contributed by atoms with van der Waals surface area (Å²) >= 11 is 3.32. The number of nitrogens with one attached hydrogen (secondary N) is 1. The van der Waals surface area contributed by atoms with Crippen molar-refractivity contribution in [3.05, 3.63) is 22.3 Å². The van der Waals surface area contributed by atoms with Crippen molar-refractivity contribution in [3.63, 3.8) is 0 Å². The molecule has 0 aromatic carbocycles. The summed E-state index contributed by atoms with van der Waals surface area (Å²) in [6, 6.07) is 1.84. The zero-order valence-electron chi connectivity index (χ0n) is 11.9. The van der Waals surface area contributed by atoms with Crippen molar-refractivity contribution in [1.82, 2.24) is 9.88 Å². The lowest BCUT2D eigenvalue weighted by molar-refractivity contribution is -0.187. The highest BCUT2D eigenvalue weighted by Crippen LogP contribution is 2.42. The van der Waals surface area contributed by atoms with Gasteiger partial charge >= 0.3 is 12.1 Å². The van der Waals surface area contributed by atoms with Gasteiger partial charge in [0.1, 0.15) is 5.82 Å². The smallest absolute Gasteiger partial charge is 0.335 e. The molecule has 23 heavy (non-hydrogen) atoms. The normalized spacial score (nSPS) is 20.2. The molecule has 0 atom stereocenters. The standard InChI is InChI=1S/C14H13BrF3N3O2/c15-9-5-8-6-13(11(22)20-10(8)19-7-9)1-3-21(4-2-13)12(23)14(16,17)18/h5,7H,1-4,6H2,(H,19,20,22). The number of amides is 2. The molecule has 2 aliphatic heterocycles. The van der Waals surface area contributed by atoms with Crippen LogP contribution < -0.4 is 5.32 Å². The van der Waals surface area contributed by atoms with E-state index in [2.05, 4.69) is 26.2 Å². The van der Waals surface area contributed by atoms with Crippen LogP contribution in [0.15, 0.2) is 16.7 Å². The van der Waals surface area contributed by atoms with Crippen LogP contribution in [-0.4, -0.2) is 41.0 Å². The van der Waals surface area contributed by atoms with Crippen molar-refractivity contribution < 1.29 is 22.8 Å². The first-order valence-electron chi connectivity index (χ1n) is 7.03. The van der Waals surface area contributed by atoms with Gasteiger partial charge in [-0.1, -0.05) is 0 Å². The molecular weight excluding hydrogens is 379 g/mol. The number of piperidine rings is 1. The van der Waals surface area contributed by atoms with Crippen LogP contribution in [0.1, 0.15) is 18.4 Å². The predicted octanol–water partition coefficient (Wildman–Crippen LogP) is 2.51. The molecular formula is C14H13BrF3N3O2. The van der Waals surface area contributed by atoms with Crippen LogP contribution >= 0.6 is 15.9 Å². The minimum atomic E-state index is -4.87. The Balaban J connectivity index is 1.78. The maximum absolute atomic E-state index is 12.5. The first-order chi connectivity index (χ1) is 10.7. The fourth-order valence-corrected chi connectivity index (χ4v) is 3.51. The van der Waals surface area contributed by atoms with E-state index in [1.54, 1.807) is 6.20 Å². The van der Waals surface area contributed by atoms with Crippen LogP contribution in [0.5, 0.6) is 0 Å². The van der Waals surface area contributed by atoms with Crippen LogP contribution in [0, 0.1) is 5.41 Å². The Kier molecular flexibility index (Phi) is 3.86. The molecule has 1 aromatic rings. The second-order valence-corrected chi connectivity index (χ2v) is 6.78. The van der Waals surface area contributed by atoms with E-state index < -0.39 is 17.5 Å². The predicted molar refractivity (Wildman–Crippen MR) is 78.6 cm³/mol. The average Bonchev–Trinajstić information content (AvgIpc) is 2.48. The Labute approximate surface area is 138 Å². The van der Waals surface area contributed by atoms with Crippen molar-refractivity contribution in [1.29, 1.82) is 0 Å². The zero-order chi connectivity index (χ0) is 16.8. The van der Waals surface area contributed by atoms with Gasteiger partial charge < -0.3 is 10.2 Å². The van der Waals surface area contributed by atoms with Gasteiger partial charge in [-0.15, -0.1) is 0 Å².